The third-order valence-corrected chi connectivity index (χ3v) is 4.87. The van der Waals surface area contributed by atoms with Crippen molar-refractivity contribution in [2.24, 2.45) is 0 Å². The van der Waals surface area contributed by atoms with Crippen LogP contribution in [0.3, 0.4) is 0 Å². The summed E-state index contributed by atoms with van der Waals surface area (Å²) in [6.45, 7) is 1.76. The van der Waals surface area contributed by atoms with Crippen LogP contribution in [-0.2, 0) is 13.0 Å². The van der Waals surface area contributed by atoms with Gasteiger partial charge in [0.15, 0.2) is 5.16 Å². The fraction of sp³-hybridized carbons (Fsp3) is 0.294. The molecule has 0 spiro atoms. The molecule has 4 heterocycles. The summed E-state index contributed by atoms with van der Waals surface area (Å²) in [6.07, 6.45) is 12.3. The third-order valence-electron chi connectivity index (χ3n) is 4.30. The standard InChI is InChI=1S/C17H18N6S/c1-24-17-19-8-12(9-20-17)10-23-7-4-14-15(22-11-21-14)16(23)13-2-5-18-6-3-13/h2-3,5-6,8-9,11,16H,4,7,10H2,1H3,(H,21,22)/t16-/m0/s1. The lowest BCUT2D eigenvalue weighted by atomic mass is 9.96. The number of fused-ring (bicyclic) bond motifs is 1. The van der Waals surface area contributed by atoms with Gasteiger partial charge < -0.3 is 4.98 Å². The summed E-state index contributed by atoms with van der Waals surface area (Å²) in [5.74, 6) is 0. The third kappa shape index (κ3) is 2.92. The van der Waals surface area contributed by atoms with Crippen molar-refractivity contribution in [1.82, 2.24) is 29.8 Å². The van der Waals surface area contributed by atoms with Crippen molar-refractivity contribution in [2.75, 3.05) is 12.8 Å². The van der Waals surface area contributed by atoms with Crippen LogP contribution >= 0.6 is 11.8 Å². The fourth-order valence-corrected chi connectivity index (χ4v) is 3.49. The van der Waals surface area contributed by atoms with Crippen LogP contribution in [0.2, 0.25) is 0 Å². The Hall–Kier alpha value is -2.25. The number of aromatic amines is 1. The number of hydrogen-bond donors (Lipinski definition) is 1. The summed E-state index contributed by atoms with van der Waals surface area (Å²) >= 11 is 1.56. The molecule has 0 aromatic carbocycles. The summed E-state index contributed by atoms with van der Waals surface area (Å²) in [7, 11) is 0. The van der Waals surface area contributed by atoms with Gasteiger partial charge in [-0.15, -0.1) is 0 Å². The molecular weight excluding hydrogens is 320 g/mol. The molecule has 0 bridgehead atoms. The molecule has 1 aliphatic rings. The van der Waals surface area contributed by atoms with Gasteiger partial charge in [0.05, 0.1) is 18.1 Å². The Bertz CT molecular complexity index is 801. The average molecular weight is 338 g/mol. The molecule has 0 fully saturated rings. The van der Waals surface area contributed by atoms with E-state index < -0.39 is 0 Å². The molecule has 4 rings (SSSR count). The molecule has 3 aromatic heterocycles. The van der Waals surface area contributed by atoms with Crippen LogP contribution in [0.5, 0.6) is 0 Å². The number of rotatable bonds is 4. The Morgan fingerprint density at radius 1 is 1.21 bits per heavy atom. The average Bonchev–Trinajstić information content (AvgIpc) is 3.11. The first-order valence-corrected chi connectivity index (χ1v) is 9.08. The number of nitrogens with one attached hydrogen (secondary N) is 1. The van der Waals surface area contributed by atoms with E-state index in [4.69, 9.17) is 0 Å². The van der Waals surface area contributed by atoms with E-state index in [9.17, 15) is 0 Å². The van der Waals surface area contributed by atoms with E-state index in [-0.39, 0.29) is 6.04 Å². The molecule has 0 aliphatic carbocycles. The van der Waals surface area contributed by atoms with Crippen LogP contribution in [0.15, 0.2) is 48.4 Å². The minimum absolute atomic E-state index is 0.128. The lowest BCUT2D eigenvalue weighted by molar-refractivity contribution is 0.199. The predicted molar refractivity (Wildman–Crippen MR) is 92.6 cm³/mol. The van der Waals surface area contributed by atoms with Crippen LogP contribution < -0.4 is 0 Å². The first-order chi connectivity index (χ1) is 11.8. The molecule has 0 unspecified atom stereocenters. The molecule has 0 amide bonds. The van der Waals surface area contributed by atoms with E-state index in [1.807, 2.05) is 31.0 Å². The number of H-pyrrole nitrogens is 1. The summed E-state index contributed by atoms with van der Waals surface area (Å²) in [6, 6.07) is 4.26. The van der Waals surface area contributed by atoms with E-state index >= 15 is 0 Å². The predicted octanol–water partition coefficient (Wildman–Crippen LogP) is 2.46. The number of imidazole rings is 1. The van der Waals surface area contributed by atoms with Gasteiger partial charge in [-0.3, -0.25) is 9.88 Å². The van der Waals surface area contributed by atoms with E-state index in [1.165, 1.54) is 11.3 Å². The number of thioether (sulfide) groups is 1. The molecule has 1 atom stereocenters. The highest BCUT2D eigenvalue weighted by Gasteiger charge is 2.30. The Morgan fingerprint density at radius 2 is 2.00 bits per heavy atom. The zero-order valence-corrected chi connectivity index (χ0v) is 14.2. The van der Waals surface area contributed by atoms with Gasteiger partial charge >= 0.3 is 0 Å². The molecule has 0 saturated heterocycles. The van der Waals surface area contributed by atoms with Gasteiger partial charge in [0.2, 0.25) is 0 Å². The molecule has 6 nitrogen and oxygen atoms in total. The molecule has 7 heteroatoms. The van der Waals surface area contributed by atoms with Crippen LogP contribution in [0.4, 0.5) is 0 Å². The quantitative estimate of drug-likeness (QED) is 0.582. The number of nitrogens with zero attached hydrogens (tertiary/aromatic N) is 5. The number of aromatic nitrogens is 5. The largest absolute Gasteiger partial charge is 0.348 e. The topological polar surface area (TPSA) is 70.6 Å². The van der Waals surface area contributed by atoms with Crippen molar-refractivity contribution in [2.45, 2.75) is 24.2 Å². The Kier molecular flexibility index (Phi) is 4.27. The normalized spacial score (nSPS) is 17.6. The number of pyridine rings is 1. The summed E-state index contributed by atoms with van der Waals surface area (Å²) in [5, 5.41) is 0.803. The van der Waals surface area contributed by atoms with E-state index in [0.29, 0.717) is 0 Å². The highest BCUT2D eigenvalue weighted by molar-refractivity contribution is 7.98. The van der Waals surface area contributed by atoms with E-state index in [2.05, 4.69) is 42.0 Å². The Morgan fingerprint density at radius 3 is 2.75 bits per heavy atom. The molecule has 0 saturated carbocycles. The maximum absolute atomic E-state index is 4.58. The Labute approximate surface area is 144 Å². The maximum atomic E-state index is 4.58. The molecule has 122 valence electrons. The smallest absolute Gasteiger partial charge is 0.187 e. The SMILES string of the molecule is CSc1ncc(CN2CCc3[nH]cnc3[C@@H]2c2ccncc2)cn1. The van der Waals surface area contributed by atoms with Crippen molar-refractivity contribution < 1.29 is 0 Å². The van der Waals surface area contributed by atoms with Gasteiger partial charge in [0.25, 0.3) is 0 Å². The second-order valence-corrected chi connectivity index (χ2v) is 6.52. The van der Waals surface area contributed by atoms with Gasteiger partial charge in [-0.25, -0.2) is 15.0 Å². The van der Waals surface area contributed by atoms with Crippen molar-refractivity contribution in [3.8, 4) is 0 Å². The second-order valence-electron chi connectivity index (χ2n) is 5.75. The lowest BCUT2D eigenvalue weighted by Gasteiger charge is -2.35. The van der Waals surface area contributed by atoms with E-state index in [1.54, 1.807) is 18.1 Å². The van der Waals surface area contributed by atoms with Crippen molar-refractivity contribution in [1.29, 1.82) is 0 Å². The number of hydrogen-bond acceptors (Lipinski definition) is 6. The summed E-state index contributed by atoms with van der Waals surface area (Å²) < 4.78 is 0. The first-order valence-electron chi connectivity index (χ1n) is 7.86. The maximum Gasteiger partial charge on any atom is 0.187 e. The van der Waals surface area contributed by atoms with Gasteiger partial charge in [0, 0.05) is 55.6 Å². The van der Waals surface area contributed by atoms with Crippen LogP contribution in [0.25, 0.3) is 0 Å². The van der Waals surface area contributed by atoms with Gasteiger partial charge in [0.1, 0.15) is 0 Å². The van der Waals surface area contributed by atoms with Crippen LogP contribution in [0, 0.1) is 0 Å². The summed E-state index contributed by atoms with van der Waals surface area (Å²) in [5.41, 5.74) is 4.65. The van der Waals surface area contributed by atoms with Crippen LogP contribution in [0.1, 0.15) is 28.6 Å². The summed E-state index contributed by atoms with van der Waals surface area (Å²) in [4.78, 5) is 23.2. The molecular formula is C17H18N6S. The zero-order valence-electron chi connectivity index (χ0n) is 13.4. The van der Waals surface area contributed by atoms with Crippen molar-refractivity contribution in [3.05, 3.63) is 65.8 Å². The lowest BCUT2D eigenvalue weighted by Crippen LogP contribution is -2.35. The Balaban J connectivity index is 1.65. The monoisotopic (exact) mass is 338 g/mol. The van der Waals surface area contributed by atoms with Gasteiger partial charge in [-0.2, -0.15) is 0 Å². The van der Waals surface area contributed by atoms with Crippen LogP contribution in [-0.4, -0.2) is 42.6 Å². The molecule has 0 radical (unpaired) electrons. The minimum atomic E-state index is 0.128. The highest BCUT2D eigenvalue weighted by Crippen LogP contribution is 2.33. The second kappa shape index (κ2) is 6.70. The minimum Gasteiger partial charge on any atom is -0.348 e. The van der Waals surface area contributed by atoms with E-state index in [0.717, 1.165) is 35.9 Å². The van der Waals surface area contributed by atoms with Gasteiger partial charge in [-0.05, 0) is 24.0 Å². The molecule has 1 aliphatic heterocycles. The van der Waals surface area contributed by atoms with Crippen molar-refractivity contribution >= 4 is 11.8 Å². The first kappa shape index (κ1) is 15.3. The van der Waals surface area contributed by atoms with Crippen molar-refractivity contribution in [3.63, 3.8) is 0 Å². The highest BCUT2D eigenvalue weighted by atomic mass is 32.2. The van der Waals surface area contributed by atoms with Gasteiger partial charge in [-0.1, -0.05) is 11.8 Å². The molecule has 1 N–H and O–H groups in total. The fourth-order valence-electron chi connectivity index (χ4n) is 3.17. The zero-order chi connectivity index (χ0) is 16.4. The molecule has 24 heavy (non-hydrogen) atoms. The molecule has 3 aromatic rings.